The van der Waals surface area contributed by atoms with E-state index in [2.05, 4.69) is 11.4 Å². The highest BCUT2D eigenvalue weighted by Crippen LogP contribution is 2.39. The molecule has 0 spiro atoms. The molecular formula is C11H13NO2. The molecule has 1 N–H and O–H groups in total. The third-order valence-corrected chi connectivity index (χ3v) is 2.80. The summed E-state index contributed by atoms with van der Waals surface area (Å²) in [6, 6.07) is 6.58. The van der Waals surface area contributed by atoms with Gasteiger partial charge in [-0.3, -0.25) is 0 Å². The zero-order chi connectivity index (χ0) is 9.38. The Morgan fingerprint density at radius 1 is 1.21 bits per heavy atom. The summed E-state index contributed by atoms with van der Waals surface area (Å²) in [6.07, 6.45) is 1.19. The van der Waals surface area contributed by atoms with Gasteiger partial charge in [-0.1, -0.05) is 12.1 Å². The van der Waals surface area contributed by atoms with Crippen molar-refractivity contribution in [2.24, 2.45) is 0 Å². The molecule has 1 fully saturated rings. The lowest BCUT2D eigenvalue weighted by atomic mass is 9.96. The van der Waals surface area contributed by atoms with Crippen LogP contribution in [0.3, 0.4) is 0 Å². The monoisotopic (exact) mass is 191 g/mol. The van der Waals surface area contributed by atoms with Gasteiger partial charge in [0.2, 0.25) is 0 Å². The van der Waals surface area contributed by atoms with Crippen LogP contribution >= 0.6 is 0 Å². The van der Waals surface area contributed by atoms with Gasteiger partial charge in [-0.2, -0.15) is 0 Å². The van der Waals surface area contributed by atoms with Crippen molar-refractivity contribution in [3.05, 3.63) is 23.8 Å². The minimum Gasteiger partial charge on any atom is -0.486 e. The summed E-state index contributed by atoms with van der Waals surface area (Å²) in [6.45, 7) is 2.43. The first kappa shape index (κ1) is 8.12. The highest BCUT2D eigenvalue weighted by atomic mass is 16.6. The Labute approximate surface area is 83.0 Å². The second-order valence-electron chi connectivity index (χ2n) is 3.67. The molecule has 1 atom stereocenters. The molecule has 3 rings (SSSR count). The fourth-order valence-corrected chi connectivity index (χ4v) is 1.92. The Morgan fingerprint density at radius 3 is 2.86 bits per heavy atom. The number of benzene rings is 1. The molecule has 2 aliphatic heterocycles. The van der Waals surface area contributed by atoms with E-state index in [4.69, 9.17) is 9.47 Å². The van der Waals surface area contributed by atoms with E-state index >= 15 is 0 Å². The lowest BCUT2D eigenvalue weighted by molar-refractivity contribution is 0.167. The van der Waals surface area contributed by atoms with Crippen LogP contribution < -0.4 is 14.8 Å². The van der Waals surface area contributed by atoms with Crippen LogP contribution in [0.2, 0.25) is 0 Å². The molecule has 0 saturated carbocycles. The lowest BCUT2D eigenvalue weighted by Gasteiger charge is -2.31. The molecule has 0 bridgehead atoms. The molecule has 74 valence electrons. The van der Waals surface area contributed by atoms with Crippen LogP contribution in [-0.2, 0) is 0 Å². The van der Waals surface area contributed by atoms with Gasteiger partial charge in [0.25, 0.3) is 0 Å². The Morgan fingerprint density at radius 2 is 2.07 bits per heavy atom. The summed E-state index contributed by atoms with van der Waals surface area (Å²) in [5.74, 6) is 1.83. The standard InChI is InChI=1S/C11H13NO2/c1-2-8(9-4-5-12-9)11-10(3-1)13-6-7-14-11/h1-3,9,12H,4-7H2/t9-/m1/s1. The van der Waals surface area contributed by atoms with E-state index in [0.717, 1.165) is 18.0 Å². The van der Waals surface area contributed by atoms with Gasteiger partial charge in [-0.15, -0.1) is 0 Å². The summed E-state index contributed by atoms with van der Waals surface area (Å²) >= 11 is 0. The zero-order valence-corrected chi connectivity index (χ0v) is 7.95. The van der Waals surface area contributed by atoms with Crippen LogP contribution in [0.5, 0.6) is 11.5 Å². The van der Waals surface area contributed by atoms with Crippen molar-refractivity contribution in [3.8, 4) is 11.5 Å². The predicted molar refractivity (Wildman–Crippen MR) is 52.8 cm³/mol. The number of fused-ring (bicyclic) bond motifs is 1. The Bertz CT molecular complexity index is 347. The normalized spacial score (nSPS) is 24.1. The topological polar surface area (TPSA) is 30.5 Å². The second kappa shape index (κ2) is 3.17. The van der Waals surface area contributed by atoms with Crippen molar-refractivity contribution in [2.45, 2.75) is 12.5 Å². The van der Waals surface area contributed by atoms with Crippen LogP contribution in [0.1, 0.15) is 18.0 Å². The molecule has 2 aliphatic rings. The average Bonchev–Trinajstić information content (AvgIpc) is 2.16. The van der Waals surface area contributed by atoms with E-state index in [-0.39, 0.29) is 0 Å². The van der Waals surface area contributed by atoms with Crippen molar-refractivity contribution in [1.29, 1.82) is 0 Å². The highest BCUT2D eigenvalue weighted by Gasteiger charge is 2.25. The first-order valence-electron chi connectivity index (χ1n) is 5.07. The molecule has 0 radical (unpaired) electrons. The van der Waals surface area contributed by atoms with Crippen molar-refractivity contribution in [2.75, 3.05) is 19.8 Å². The maximum Gasteiger partial charge on any atom is 0.166 e. The van der Waals surface area contributed by atoms with Crippen molar-refractivity contribution < 1.29 is 9.47 Å². The summed E-state index contributed by atoms with van der Waals surface area (Å²) in [5, 5.41) is 3.38. The molecule has 2 heterocycles. The maximum absolute atomic E-state index is 5.65. The van der Waals surface area contributed by atoms with Gasteiger partial charge < -0.3 is 14.8 Å². The van der Waals surface area contributed by atoms with Gasteiger partial charge in [-0.25, -0.2) is 0 Å². The molecule has 3 heteroatoms. The largest absolute Gasteiger partial charge is 0.486 e. The quantitative estimate of drug-likeness (QED) is 0.729. The van der Waals surface area contributed by atoms with E-state index in [9.17, 15) is 0 Å². The molecule has 14 heavy (non-hydrogen) atoms. The van der Waals surface area contributed by atoms with Crippen molar-refractivity contribution in [3.63, 3.8) is 0 Å². The van der Waals surface area contributed by atoms with E-state index in [1.165, 1.54) is 12.0 Å². The number of para-hydroxylation sites is 1. The molecule has 1 saturated heterocycles. The number of hydrogen-bond donors (Lipinski definition) is 1. The van der Waals surface area contributed by atoms with Crippen molar-refractivity contribution >= 4 is 0 Å². The molecule has 1 aromatic rings. The van der Waals surface area contributed by atoms with Crippen LogP contribution in [0, 0.1) is 0 Å². The number of nitrogens with one attached hydrogen (secondary N) is 1. The predicted octanol–water partition coefficient (Wildman–Crippen LogP) is 1.49. The minimum absolute atomic E-state index is 0.464. The maximum atomic E-state index is 5.65. The number of rotatable bonds is 1. The van der Waals surface area contributed by atoms with Crippen LogP contribution in [0.4, 0.5) is 0 Å². The first-order chi connectivity index (χ1) is 6.95. The van der Waals surface area contributed by atoms with E-state index in [1.54, 1.807) is 0 Å². The summed E-state index contributed by atoms with van der Waals surface area (Å²) in [5.41, 5.74) is 1.24. The van der Waals surface area contributed by atoms with Gasteiger partial charge in [0.15, 0.2) is 11.5 Å². The van der Waals surface area contributed by atoms with Gasteiger partial charge in [0.1, 0.15) is 13.2 Å². The number of ether oxygens (including phenoxy) is 2. The first-order valence-corrected chi connectivity index (χ1v) is 5.07. The number of hydrogen-bond acceptors (Lipinski definition) is 3. The molecule has 0 aromatic heterocycles. The Kier molecular flexibility index (Phi) is 1.84. The van der Waals surface area contributed by atoms with E-state index in [1.807, 2.05) is 12.1 Å². The molecule has 0 unspecified atom stereocenters. The Balaban J connectivity index is 2.01. The highest BCUT2D eigenvalue weighted by molar-refractivity contribution is 5.49. The van der Waals surface area contributed by atoms with E-state index in [0.29, 0.717) is 19.3 Å². The Hall–Kier alpha value is -1.22. The van der Waals surface area contributed by atoms with Gasteiger partial charge in [0.05, 0.1) is 0 Å². The third-order valence-electron chi connectivity index (χ3n) is 2.80. The fourth-order valence-electron chi connectivity index (χ4n) is 1.92. The SMILES string of the molecule is c1cc2c(c([C@H]3CCN3)c1)OCCO2. The van der Waals surface area contributed by atoms with Gasteiger partial charge in [-0.05, 0) is 19.0 Å². The van der Waals surface area contributed by atoms with Crippen LogP contribution in [0.15, 0.2) is 18.2 Å². The fraction of sp³-hybridized carbons (Fsp3) is 0.455. The van der Waals surface area contributed by atoms with Crippen LogP contribution in [-0.4, -0.2) is 19.8 Å². The van der Waals surface area contributed by atoms with Gasteiger partial charge in [0, 0.05) is 11.6 Å². The summed E-state index contributed by atoms with van der Waals surface area (Å²) < 4.78 is 11.2. The average molecular weight is 191 g/mol. The molecule has 0 amide bonds. The van der Waals surface area contributed by atoms with E-state index < -0.39 is 0 Å². The summed E-state index contributed by atoms with van der Waals surface area (Å²) in [4.78, 5) is 0. The smallest absolute Gasteiger partial charge is 0.166 e. The van der Waals surface area contributed by atoms with Crippen molar-refractivity contribution in [1.82, 2.24) is 5.32 Å². The second-order valence-corrected chi connectivity index (χ2v) is 3.67. The summed E-state index contributed by atoms with van der Waals surface area (Å²) in [7, 11) is 0. The molecule has 1 aromatic carbocycles. The van der Waals surface area contributed by atoms with Gasteiger partial charge >= 0.3 is 0 Å². The molecule has 0 aliphatic carbocycles. The molecule has 3 nitrogen and oxygen atoms in total. The minimum atomic E-state index is 0.464. The lowest BCUT2D eigenvalue weighted by Crippen LogP contribution is -2.35. The van der Waals surface area contributed by atoms with Crippen LogP contribution in [0.25, 0.3) is 0 Å². The molecular weight excluding hydrogens is 178 g/mol. The zero-order valence-electron chi connectivity index (χ0n) is 7.95. The third kappa shape index (κ3) is 1.16.